The Hall–Kier alpha value is -3.25. The second-order valence-corrected chi connectivity index (χ2v) is 8.91. The van der Waals surface area contributed by atoms with E-state index in [2.05, 4.69) is 22.1 Å². The van der Waals surface area contributed by atoms with Crippen molar-refractivity contribution in [2.75, 3.05) is 0 Å². The Balaban J connectivity index is 1.71. The predicted molar refractivity (Wildman–Crippen MR) is 135 cm³/mol. The fraction of sp³-hybridized carbons (Fsp3) is 0.0769. The maximum Gasteiger partial charge on any atom is 0.179 e. The molecule has 0 aliphatic carbocycles. The molecule has 5 rings (SSSR count). The third kappa shape index (κ3) is 4.07. The van der Waals surface area contributed by atoms with Crippen molar-refractivity contribution in [2.24, 2.45) is 0 Å². The lowest BCUT2D eigenvalue weighted by Gasteiger charge is -2.38. The number of hydrogen-bond acceptors (Lipinski definition) is 3. The Labute approximate surface area is 212 Å². The van der Waals surface area contributed by atoms with Crippen molar-refractivity contribution in [3.8, 4) is 5.75 Å². The Morgan fingerprint density at radius 2 is 1.47 bits per heavy atom. The molecule has 0 bridgehead atoms. The molecule has 2 heterocycles. The van der Waals surface area contributed by atoms with E-state index in [9.17, 15) is 0 Å². The molecule has 0 atom stereocenters. The van der Waals surface area contributed by atoms with Crippen molar-refractivity contribution in [3.05, 3.63) is 136 Å². The van der Waals surface area contributed by atoms with Gasteiger partial charge in [0.15, 0.2) is 5.66 Å². The monoisotopic (exact) mass is 508 g/mol. The van der Waals surface area contributed by atoms with Crippen LogP contribution in [-0.4, -0.2) is 19.1 Å². The summed E-state index contributed by atoms with van der Waals surface area (Å²) in [5.74, 6) is 0.654. The zero-order valence-corrected chi connectivity index (χ0v) is 20.1. The first-order valence-electron chi connectivity index (χ1n) is 10.5. The van der Waals surface area contributed by atoms with Gasteiger partial charge < -0.3 is 13.9 Å². The third-order valence-electron chi connectivity index (χ3n) is 5.63. The minimum atomic E-state index is -0.897. The molecule has 0 unspecified atom stereocenters. The minimum absolute atomic E-state index is 0.296. The molecule has 0 aliphatic rings. The standard InChI is InChI=1S/C26H19Cl3N4O/c27-21-7-9-25(34-16-19-6-8-23(28)24(29)14-19)22(15-21)26(32-12-10-30-17-32,33-13-11-31-18-33)20-4-2-1-3-5-20/h1-15,17-18H,16H2. The maximum atomic E-state index is 6.55. The van der Waals surface area contributed by atoms with Crippen LogP contribution in [-0.2, 0) is 12.3 Å². The molecule has 0 amide bonds. The molecule has 0 spiro atoms. The molecular formula is C26H19Cl3N4O. The number of imidazole rings is 2. The lowest BCUT2D eigenvalue weighted by molar-refractivity contribution is 0.281. The van der Waals surface area contributed by atoms with Crippen LogP contribution in [0, 0.1) is 0 Å². The number of aromatic nitrogens is 4. The van der Waals surface area contributed by atoms with Crippen molar-refractivity contribution in [3.63, 3.8) is 0 Å². The summed E-state index contributed by atoms with van der Waals surface area (Å²) in [4.78, 5) is 8.68. The molecule has 3 aromatic carbocycles. The van der Waals surface area contributed by atoms with Crippen molar-refractivity contribution in [1.29, 1.82) is 0 Å². The van der Waals surface area contributed by atoms with Gasteiger partial charge in [-0.25, -0.2) is 9.97 Å². The highest BCUT2D eigenvalue weighted by molar-refractivity contribution is 6.42. The van der Waals surface area contributed by atoms with E-state index in [0.29, 0.717) is 27.4 Å². The van der Waals surface area contributed by atoms with E-state index >= 15 is 0 Å². The van der Waals surface area contributed by atoms with Crippen LogP contribution < -0.4 is 4.74 Å². The minimum Gasteiger partial charge on any atom is -0.488 e. The Bertz CT molecular complexity index is 1350. The van der Waals surface area contributed by atoms with Gasteiger partial charge in [-0.1, -0.05) is 71.2 Å². The zero-order chi connectivity index (χ0) is 23.5. The van der Waals surface area contributed by atoms with E-state index in [-0.39, 0.29) is 0 Å². The van der Waals surface area contributed by atoms with Crippen LogP contribution in [0.25, 0.3) is 0 Å². The summed E-state index contributed by atoms with van der Waals surface area (Å²) in [5.41, 5.74) is 1.80. The maximum absolute atomic E-state index is 6.55. The molecule has 0 aliphatic heterocycles. The van der Waals surface area contributed by atoms with Gasteiger partial charge in [-0.05, 0) is 35.9 Å². The number of hydrogen-bond donors (Lipinski definition) is 0. The van der Waals surface area contributed by atoms with E-state index in [1.807, 2.05) is 64.0 Å². The van der Waals surface area contributed by atoms with Crippen LogP contribution in [0.15, 0.2) is 104 Å². The largest absolute Gasteiger partial charge is 0.488 e. The number of halogens is 3. The van der Waals surface area contributed by atoms with Gasteiger partial charge in [-0.15, -0.1) is 0 Å². The molecule has 34 heavy (non-hydrogen) atoms. The molecule has 8 heteroatoms. The molecule has 0 saturated carbocycles. The topological polar surface area (TPSA) is 44.9 Å². The van der Waals surface area contributed by atoms with E-state index in [0.717, 1.165) is 16.7 Å². The predicted octanol–water partition coefficient (Wildman–Crippen LogP) is 6.92. The summed E-state index contributed by atoms with van der Waals surface area (Å²) in [7, 11) is 0. The summed E-state index contributed by atoms with van der Waals surface area (Å²) < 4.78 is 10.4. The van der Waals surface area contributed by atoms with Gasteiger partial charge in [0.1, 0.15) is 12.4 Å². The van der Waals surface area contributed by atoms with Gasteiger partial charge in [0.25, 0.3) is 0 Å². The van der Waals surface area contributed by atoms with E-state index < -0.39 is 5.66 Å². The van der Waals surface area contributed by atoms with E-state index in [1.165, 1.54) is 0 Å². The van der Waals surface area contributed by atoms with Crippen LogP contribution in [0.3, 0.4) is 0 Å². The molecular weight excluding hydrogens is 491 g/mol. The molecule has 170 valence electrons. The van der Waals surface area contributed by atoms with Gasteiger partial charge in [-0.2, -0.15) is 0 Å². The van der Waals surface area contributed by atoms with Crippen LogP contribution >= 0.6 is 34.8 Å². The fourth-order valence-electron chi connectivity index (χ4n) is 4.13. The molecule has 0 saturated heterocycles. The number of rotatable bonds is 7. The lowest BCUT2D eigenvalue weighted by atomic mass is 9.89. The highest BCUT2D eigenvalue weighted by Crippen LogP contribution is 2.42. The van der Waals surface area contributed by atoms with Crippen LogP contribution in [0.4, 0.5) is 0 Å². The van der Waals surface area contributed by atoms with Crippen molar-refractivity contribution in [2.45, 2.75) is 12.3 Å². The smallest absolute Gasteiger partial charge is 0.179 e. The molecule has 2 aromatic heterocycles. The Morgan fingerprint density at radius 1 is 0.765 bits per heavy atom. The van der Waals surface area contributed by atoms with Crippen molar-refractivity contribution >= 4 is 34.8 Å². The summed E-state index contributed by atoms with van der Waals surface area (Å²) in [6.07, 6.45) is 10.9. The normalized spacial score (nSPS) is 11.5. The first-order chi connectivity index (χ1) is 16.6. The molecule has 0 N–H and O–H groups in total. The molecule has 5 aromatic rings. The third-order valence-corrected chi connectivity index (χ3v) is 6.60. The van der Waals surface area contributed by atoms with E-state index in [1.54, 1.807) is 37.2 Å². The van der Waals surface area contributed by atoms with Crippen LogP contribution in [0.1, 0.15) is 16.7 Å². The van der Waals surface area contributed by atoms with Crippen LogP contribution in [0.2, 0.25) is 15.1 Å². The number of nitrogens with zero attached hydrogens (tertiary/aromatic N) is 4. The van der Waals surface area contributed by atoms with Crippen molar-refractivity contribution < 1.29 is 4.74 Å². The second-order valence-electron chi connectivity index (χ2n) is 7.66. The van der Waals surface area contributed by atoms with Gasteiger partial charge in [0.2, 0.25) is 0 Å². The van der Waals surface area contributed by atoms with Gasteiger partial charge in [0, 0.05) is 40.9 Å². The highest BCUT2D eigenvalue weighted by atomic mass is 35.5. The molecule has 5 nitrogen and oxygen atoms in total. The van der Waals surface area contributed by atoms with Gasteiger partial charge in [-0.3, -0.25) is 0 Å². The fourth-order valence-corrected chi connectivity index (χ4v) is 4.62. The highest BCUT2D eigenvalue weighted by Gasteiger charge is 2.40. The summed E-state index contributed by atoms with van der Waals surface area (Å²) >= 11 is 18.8. The number of ether oxygens (including phenoxy) is 1. The lowest BCUT2D eigenvalue weighted by Crippen LogP contribution is -2.42. The SMILES string of the molecule is Clc1ccc(OCc2ccc(Cl)c(Cl)c2)c(C(c2ccccc2)(n2ccnc2)n2ccnc2)c1. The summed E-state index contributed by atoms with van der Waals surface area (Å²) in [6.45, 7) is 0.296. The average Bonchev–Trinajstić information content (AvgIpc) is 3.58. The van der Waals surface area contributed by atoms with Gasteiger partial charge in [0.05, 0.1) is 22.7 Å². The van der Waals surface area contributed by atoms with E-state index in [4.69, 9.17) is 39.5 Å². The zero-order valence-electron chi connectivity index (χ0n) is 17.9. The van der Waals surface area contributed by atoms with Gasteiger partial charge >= 0.3 is 0 Å². The first-order valence-corrected chi connectivity index (χ1v) is 11.6. The average molecular weight is 510 g/mol. The number of benzene rings is 3. The van der Waals surface area contributed by atoms with Crippen molar-refractivity contribution in [1.82, 2.24) is 19.1 Å². The molecule has 0 radical (unpaired) electrons. The second kappa shape index (κ2) is 9.55. The molecule has 0 fully saturated rings. The Morgan fingerprint density at radius 3 is 2.09 bits per heavy atom. The Kier molecular flexibility index (Phi) is 6.33. The summed E-state index contributed by atoms with van der Waals surface area (Å²) in [5, 5.41) is 1.56. The first kappa shape index (κ1) is 22.5. The summed E-state index contributed by atoms with van der Waals surface area (Å²) in [6, 6.07) is 21.2. The quantitative estimate of drug-likeness (QED) is 0.239. The van der Waals surface area contributed by atoms with Crippen LogP contribution in [0.5, 0.6) is 5.75 Å².